The first-order valence-electron chi connectivity index (χ1n) is 10.7. The third-order valence-corrected chi connectivity index (χ3v) is 7.75. The van der Waals surface area contributed by atoms with Gasteiger partial charge in [0.2, 0.25) is 0 Å². The van der Waals surface area contributed by atoms with E-state index in [4.69, 9.17) is 4.99 Å². The van der Waals surface area contributed by atoms with Crippen molar-refractivity contribution in [3.8, 4) is 5.75 Å². The van der Waals surface area contributed by atoms with Gasteiger partial charge in [0.05, 0.1) is 11.3 Å². The number of phenolic OH excluding ortho intramolecular Hbond substituents is 1. The van der Waals surface area contributed by atoms with Gasteiger partial charge in [-0.15, -0.1) is 0 Å². The van der Waals surface area contributed by atoms with E-state index in [9.17, 15) is 9.90 Å². The van der Waals surface area contributed by atoms with Gasteiger partial charge in [-0.2, -0.15) is 0 Å². The molecule has 0 amide bonds. The second kappa shape index (κ2) is 5.68. The van der Waals surface area contributed by atoms with Gasteiger partial charge < -0.3 is 5.11 Å². The van der Waals surface area contributed by atoms with Crippen molar-refractivity contribution in [3.63, 3.8) is 0 Å². The van der Waals surface area contributed by atoms with Crippen molar-refractivity contribution < 1.29 is 9.90 Å². The van der Waals surface area contributed by atoms with Gasteiger partial charge >= 0.3 is 0 Å². The normalized spacial score (nSPS) is 35.7. The predicted octanol–water partition coefficient (Wildman–Crippen LogP) is 5.00. The quantitative estimate of drug-likeness (QED) is 0.819. The lowest BCUT2D eigenvalue weighted by Crippen LogP contribution is -2.50. The standard InChI is InChI=1S/C24H31NO2/c1-14-4-18-13-23(2,3)25-20(19(18)8-21(14)26)9-22(27)24-10-15-5-16(11-24)7-17(6-15)12-24/h4,8,15-17,26H,5-7,9-13H2,1-3H3. The summed E-state index contributed by atoms with van der Waals surface area (Å²) in [5.41, 5.74) is 3.75. The fourth-order valence-corrected chi connectivity index (χ4v) is 7.03. The molecule has 0 unspecified atom stereocenters. The Bertz CT molecular complexity index is 813. The Morgan fingerprint density at radius 2 is 1.70 bits per heavy atom. The van der Waals surface area contributed by atoms with Crippen LogP contribution in [0.3, 0.4) is 0 Å². The molecule has 1 N–H and O–H groups in total. The number of aliphatic imine (C=N–C) groups is 1. The second-order valence-corrected chi connectivity index (χ2v) is 10.6. The summed E-state index contributed by atoms with van der Waals surface area (Å²) in [7, 11) is 0. The van der Waals surface area contributed by atoms with Crippen molar-refractivity contribution >= 4 is 11.5 Å². The number of aryl methyl sites for hydroxylation is 1. The number of aromatic hydroxyl groups is 1. The van der Waals surface area contributed by atoms with E-state index >= 15 is 0 Å². The molecule has 0 atom stereocenters. The topological polar surface area (TPSA) is 49.7 Å². The molecule has 6 rings (SSSR count). The van der Waals surface area contributed by atoms with E-state index in [2.05, 4.69) is 19.9 Å². The third kappa shape index (κ3) is 2.85. The minimum atomic E-state index is -0.187. The molecule has 0 saturated heterocycles. The Morgan fingerprint density at radius 1 is 1.11 bits per heavy atom. The Labute approximate surface area is 162 Å². The summed E-state index contributed by atoms with van der Waals surface area (Å²) in [6.07, 6.45) is 8.70. The average molecular weight is 366 g/mol. The van der Waals surface area contributed by atoms with E-state index in [-0.39, 0.29) is 11.0 Å². The Kier molecular flexibility index (Phi) is 3.68. The Balaban J connectivity index is 1.47. The SMILES string of the molecule is Cc1cc2c(cc1O)C(CC(=O)C13CC4CC(CC(C4)C1)C3)=NC(C)(C)C2. The second-order valence-electron chi connectivity index (χ2n) is 10.6. The molecule has 27 heavy (non-hydrogen) atoms. The van der Waals surface area contributed by atoms with E-state index in [1.165, 1.54) is 24.8 Å². The molecule has 4 fully saturated rings. The zero-order valence-electron chi connectivity index (χ0n) is 16.8. The minimum Gasteiger partial charge on any atom is -0.508 e. The summed E-state index contributed by atoms with van der Waals surface area (Å²) in [6.45, 7) is 6.23. The number of benzene rings is 1. The molecule has 4 aliphatic carbocycles. The van der Waals surface area contributed by atoms with Gasteiger partial charge in [-0.05, 0) is 101 Å². The molecule has 5 aliphatic rings. The number of carbonyl (C=O) groups excluding carboxylic acids is 1. The molecule has 0 spiro atoms. The molecular weight excluding hydrogens is 334 g/mol. The zero-order chi connectivity index (χ0) is 19.0. The van der Waals surface area contributed by atoms with Crippen LogP contribution in [-0.2, 0) is 11.2 Å². The first kappa shape index (κ1) is 17.5. The fraction of sp³-hybridized carbons (Fsp3) is 0.667. The smallest absolute Gasteiger partial charge is 0.145 e. The van der Waals surface area contributed by atoms with Crippen molar-refractivity contribution in [2.75, 3.05) is 0 Å². The fourth-order valence-electron chi connectivity index (χ4n) is 7.03. The zero-order valence-corrected chi connectivity index (χ0v) is 16.8. The largest absolute Gasteiger partial charge is 0.508 e. The molecule has 4 bridgehead atoms. The summed E-state index contributed by atoms with van der Waals surface area (Å²) < 4.78 is 0. The molecule has 1 aromatic carbocycles. The van der Waals surface area contributed by atoms with Crippen molar-refractivity contribution in [3.05, 3.63) is 28.8 Å². The van der Waals surface area contributed by atoms with Crippen molar-refractivity contribution in [1.82, 2.24) is 0 Å². The van der Waals surface area contributed by atoms with Crippen LogP contribution in [0.25, 0.3) is 0 Å². The van der Waals surface area contributed by atoms with Gasteiger partial charge in [0.15, 0.2) is 0 Å². The number of carbonyl (C=O) groups is 1. The van der Waals surface area contributed by atoms with E-state index in [0.717, 1.165) is 60.3 Å². The van der Waals surface area contributed by atoms with E-state index in [1.807, 2.05) is 13.0 Å². The summed E-state index contributed by atoms with van der Waals surface area (Å²) >= 11 is 0. The highest BCUT2D eigenvalue weighted by Crippen LogP contribution is 2.60. The maximum absolute atomic E-state index is 13.6. The van der Waals surface area contributed by atoms with Gasteiger partial charge in [0, 0.05) is 17.4 Å². The lowest BCUT2D eigenvalue weighted by molar-refractivity contribution is -0.142. The molecule has 0 radical (unpaired) electrons. The predicted molar refractivity (Wildman–Crippen MR) is 107 cm³/mol. The molecule has 3 heteroatoms. The molecule has 144 valence electrons. The summed E-state index contributed by atoms with van der Waals surface area (Å²) in [5, 5.41) is 10.2. The van der Waals surface area contributed by atoms with Crippen LogP contribution in [0, 0.1) is 30.1 Å². The maximum atomic E-state index is 13.6. The van der Waals surface area contributed by atoms with Crippen LogP contribution in [0.4, 0.5) is 0 Å². The van der Waals surface area contributed by atoms with E-state index in [1.54, 1.807) is 0 Å². The average Bonchev–Trinajstić information content (AvgIpc) is 2.54. The van der Waals surface area contributed by atoms with Gasteiger partial charge in [-0.25, -0.2) is 0 Å². The van der Waals surface area contributed by atoms with Crippen molar-refractivity contribution in [2.24, 2.45) is 28.2 Å². The van der Waals surface area contributed by atoms with Crippen LogP contribution in [0.1, 0.15) is 75.5 Å². The van der Waals surface area contributed by atoms with Crippen molar-refractivity contribution in [2.45, 2.75) is 77.7 Å². The number of Topliss-reactive ketones (excluding diaryl/α,β-unsaturated/α-hetero) is 1. The third-order valence-electron chi connectivity index (χ3n) is 7.75. The van der Waals surface area contributed by atoms with Gasteiger partial charge in [-0.1, -0.05) is 6.07 Å². The number of hydrogen-bond acceptors (Lipinski definition) is 3. The number of rotatable bonds is 3. The van der Waals surface area contributed by atoms with Gasteiger partial charge in [-0.3, -0.25) is 9.79 Å². The lowest BCUT2D eigenvalue weighted by atomic mass is 9.48. The molecule has 1 aliphatic heterocycles. The highest BCUT2D eigenvalue weighted by atomic mass is 16.3. The summed E-state index contributed by atoms with van der Waals surface area (Å²) in [6, 6.07) is 3.92. The number of nitrogens with zero attached hydrogens (tertiary/aromatic N) is 1. The highest BCUT2D eigenvalue weighted by Gasteiger charge is 2.54. The molecule has 1 aromatic rings. The first-order chi connectivity index (χ1) is 12.7. The van der Waals surface area contributed by atoms with Gasteiger partial charge in [0.25, 0.3) is 0 Å². The number of ketones is 1. The Hall–Kier alpha value is -1.64. The van der Waals surface area contributed by atoms with Crippen molar-refractivity contribution in [1.29, 1.82) is 0 Å². The van der Waals surface area contributed by atoms with Crippen LogP contribution in [-0.4, -0.2) is 22.1 Å². The Morgan fingerprint density at radius 3 is 2.30 bits per heavy atom. The molecule has 4 saturated carbocycles. The van der Waals surface area contributed by atoms with E-state index in [0.29, 0.717) is 18.0 Å². The number of phenols is 1. The first-order valence-corrected chi connectivity index (χ1v) is 10.7. The van der Waals surface area contributed by atoms with E-state index < -0.39 is 0 Å². The number of fused-ring (bicyclic) bond motifs is 1. The summed E-state index contributed by atoms with van der Waals surface area (Å²) in [4.78, 5) is 18.6. The van der Waals surface area contributed by atoms with Crippen LogP contribution in [0.15, 0.2) is 17.1 Å². The summed E-state index contributed by atoms with van der Waals surface area (Å²) in [5.74, 6) is 3.07. The maximum Gasteiger partial charge on any atom is 0.145 e. The highest BCUT2D eigenvalue weighted by molar-refractivity contribution is 6.14. The number of hydrogen-bond donors (Lipinski definition) is 1. The van der Waals surface area contributed by atoms with Gasteiger partial charge in [0.1, 0.15) is 11.5 Å². The van der Waals surface area contributed by atoms with Crippen LogP contribution in [0.2, 0.25) is 0 Å². The van der Waals surface area contributed by atoms with Crippen LogP contribution < -0.4 is 0 Å². The molecule has 1 heterocycles. The molecular formula is C24H31NO2. The van der Waals surface area contributed by atoms with Crippen LogP contribution in [0.5, 0.6) is 5.75 Å². The monoisotopic (exact) mass is 365 g/mol. The molecule has 3 nitrogen and oxygen atoms in total. The van der Waals surface area contributed by atoms with Crippen LogP contribution >= 0.6 is 0 Å². The lowest BCUT2D eigenvalue weighted by Gasteiger charge is -2.56. The minimum absolute atomic E-state index is 0.0776. The molecule has 0 aromatic heterocycles.